The number of rotatable bonds is 2. The molecule has 5 heteroatoms. The van der Waals surface area contributed by atoms with E-state index in [1.54, 1.807) is 6.92 Å². The topological polar surface area (TPSA) is 89.6 Å². The molecule has 1 aliphatic heterocycles. The van der Waals surface area contributed by atoms with Gasteiger partial charge in [-0.25, -0.2) is 4.79 Å². The fourth-order valence-corrected chi connectivity index (χ4v) is 2.05. The van der Waals surface area contributed by atoms with Gasteiger partial charge in [0.15, 0.2) is 11.2 Å². The predicted octanol–water partition coefficient (Wildman–Crippen LogP) is -0.436. The molecule has 3 unspecified atom stereocenters. The molecular weight excluding hydrogens is 186 g/mol. The van der Waals surface area contributed by atoms with Crippen molar-refractivity contribution >= 4 is 11.9 Å². The Labute approximate surface area is 82.2 Å². The normalized spacial score (nSPS) is 42.3. The summed E-state index contributed by atoms with van der Waals surface area (Å²) in [7, 11) is 0. The van der Waals surface area contributed by atoms with E-state index >= 15 is 0 Å². The predicted molar refractivity (Wildman–Crippen MR) is 48.1 cm³/mol. The van der Waals surface area contributed by atoms with E-state index in [1.807, 2.05) is 0 Å². The molecule has 3 atom stereocenters. The van der Waals surface area contributed by atoms with Crippen molar-refractivity contribution in [1.29, 1.82) is 0 Å². The molecule has 1 saturated heterocycles. The van der Waals surface area contributed by atoms with Crippen LogP contribution in [-0.2, 0) is 14.3 Å². The highest BCUT2D eigenvalue weighted by atomic mass is 16.6. The summed E-state index contributed by atoms with van der Waals surface area (Å²) in [6, 6.07) is 0. The lowest BCUT2D eigenvalue weighted by molar-refractivity contribution is -0.161. The third-order valence-corrected chi connectivity index (χ3v) is 2.96. The molecule has 3 N–H and O–H groups in total. The van der Waals surface area contributed by atoms with E-state index in [0.29, 0.717) is 6.42 Å². The summed E-state index contributed by atoms with van der Waals surface area (Å²) in [6.45, 7) is 4.54. The molecule has 5 nitrogen and oxygen atoms in total. The Morgan fingerprint density at radius 2 is 2.14 bits per heavy atom. The molecule has 0 aliphatic carbocycles. The molecule has 0 aromatic carbocycles. The van der Waals surface area contributed by atoms with Gasteiger partial charge in [0.25, 0.3) is 5.91 Å². The van der Waals surface area contributed by atoms with E-state index in [4.69, 9.17) is 10.5 Å². The molecule has 1 fully saturated rings. The van der Waals surface area contributed by atoms with Gasteiger partial charge in [-0.2, -0.15) is 0 Å². The first-order chi connectivity index (χ1) is 6.26. The zero-order chi connectivity index (χ0) is 11.1. The van der Waals surface area contributed by atoms with Crippen LogP contribution in [0, 0.1) is 5.92 Å². The second-order valence-corrected chi connectivity index (χ2v) is 3.97. The quantitative estimate of drug-likeness (QED) is 0.593. The van der Waals surface area contributed by atoms with Crippen LogP contribution in [-0.4, -0.2) is 28.2 Å². The Bertz CT molecular complexity index is 287. The lowest BCUT2D eigenvalue weighted by atomic mass is 9.78. The summed E-state index contributed by atoms with van der Waals surface area (Å²) in [5.74, 6) is -2.11. The van der Waals surface area contributed by atoms with Crippen molar-refractivity contribution in [3.05, 3.63) is 0 Å². The average Bonchev–Trinajstić information content (AvgIpc) is 2.20. The number of ether oxygens (including phenoxy) is 1. The first kappa shape index (κ1) is 11.0. The maximum Gasteiger partial charge on any atom is 0.339 e. The Kier molecular flexibility index (Phi) is 2.31. The van der Waals surface area contributed by atoms with Gasteiger partial charge in [-0.3, -0.25) is 4.79 Å². The molecule has 0 aromatic rings. The number of cyclic esters (lactones) is 1. The summed E-state index contributed by atoms with van der Waals surface area (Å²) < 4.78 is 4.87. The molecule has 0 aromatic heterocycles. The third-order valence-electron chi connectivity index (χ3n) is 2.96. The minimum absolute atomic E-state index is 0.443. The fraction of sp³-hybridized carbons (Fsp3) is 0.778. The molecular formula is C9H15NO4. The van der Waals surface area contributed by atoms with Crippen LogP contribution in [0.25, 0.3) is 0 Å². The number of esters is 1. The molecule has 14 heavy (non-hydrogen) atoms. The van der Waals surface area contributed by atoms with Crippen LogP contribution in [0.5, 0.6) is 0 Å². The third kappa shape index (κ3) is 1.19. The summed E-state index contributed by atoms with van der Waals surface area (Å²) in [5, 5.41) is 9.82. The van der Waals surface area contributed by atoms with Gasteiger partial charge in [0.05, 0.1) is 0 Å². The Morgan fingerprint density at radius 3 is 2.43 bits per heavy atom. The van der Waals surface area contributed by atoms with Gasteiger partial charge in [-0.15, -0.1) is 0 Å². The van der Waals surface area contributed by atoms with Crippen LogP contribution in [0.15, 0.2) is 0 Å². The molecule has 0 saturated carbocycles. The van der Waals surface area contributed by atoms with Crippen LogP contribution in [0.2, 0.25) is 0 Å². The van der Waals surface area contributed by atoms with Gasteiger partial charge < -0.3 is 15.6 Å². The van der Waals surface area contributed by atoms with Crippen molar-refractivity contribution < 1.29 is 19.4 Å². The lowest BCUT2D eigenvalue weighted by Crippen LogP contribution is -2.49. The lowest BCUT2D eigenvalue weighted by Gasteiger charge is -2.28. The zero-order valence-corrected chi connectivity index (χ0v) is 8.53. The largest absolute Gasteiger partial charge is 0.447 e. The maximum absolute atomic E-state index is 11.3. The Hall–Kier alpha value is -1.10. The Balaban J connectivity index is 3.15. The molecule has 1 aliphatic rings. The number of carbonyl (C=O) groups is 2. The van der Waals surface area contributed by atoms with Crippen molar-refractivity contribution in [2.45, 2.75) is 38.4 Å². The van der Waals surface area contributed by atoms with Crippen molar-refractivity contribution in [2.24, 2.45) is 11.7 Å². The van der Waals surface area contributed by atoms with E-state index in [9.17, 15) is 14.7 Å². The van der Waals surface area contributed by atoms with Crippen LogP contribution in [0.3, 0.4) is 0 Å². The monoisotopic (exact) mass is 201 g/mol. The van der Waals surface area contributed by atoms with Crippen molar-refractivity contribution in [3.8, 4) is 0 Å². The molecule has 0 radical (unpaired) electrons. The van der Waals surface area contributed by atoms with E-state index in [0.717, 1.165) is 0 Å². The van der Waals surface area contributed by atoms with Gasteiger partial charge in [-0.1, -0.05) is 6.92 Å². The zero-order valence-electron chi connectivity index (χ0n) is 8.53. The van der Waals surface area contributed by atoms with Gasteiger partial charge in [-0.05, 0) is 20.3 Å². The van der Waals surface area contributed by atoms with E-state index < -0.39 is 29.0 Å². The first-order valence-electron chi connectivity index (χ1n) is 4.52. The summed E-state index contributed by atoms with van der Waals surface area (Å²) in [5.41, 5.74) is 2.13. The highest BCUT2D eigenvalue weighted by Gasteiger charge is 2.61. The van der Waals surface area contributed by atoms with Crippen LogP contribution in [0.1, 0.15) is 27.2 Å². The standard InChI is InChI=1S/C9H15NO4/c1-4-5-8(2,13)7(12)14-9(5,3)6(10)11/h5,13H,4H2,1-3H3,(H2,10,11). The van der Waals surface area contributed by atoms with Gasteiger partial charge in [0, 0.05) is 5.92 Å². The molecule has 1 amide bonds. The number of aliphatic hydroxyl groups is 1. The first-order valence-corrected chi connectivity index (χ1v) is 4.52. The second kappa shape index (κ2) is 2.95. The van der Waals surface area contributed by atoms with E-state index in [1.165, 1.54) is 13.8 Å². The minimum atomic E-state index is -1.63. The summed E-state index contributed by atoms with van der Waals surface area (Å²) in [6.07, 6.45) is 0.443. The summed E-state index contributed by atoms with van der Waals surface area (Å²) in [4.78, 5) is 22.5. The van der Waals surface area contributed by atoms with Gasteiger partial charge in [0.2, 0.25) is 0 Å². The van der Waals surface area contributed by atoms with Gasteiger partial charge in [0.1, 0.15) is 0 Å². The molecule has 0 bridgehead atoms. The number of primary amides is 1. The van der Waals surface area contributed by atoms with Crippen LogP contribution >= 0.6 is 0 Å². The highest BCUT2D eigenvalue weighted by molar-refractivity contribution is 5.93. The minimum Gasteiger partial charge on any atom is -0.447 e. The second-order valence-electron chi connectivity index (χ2n) is 3.97. The van der Waals surface area contributed by atoms with Crippen LogP contribution < -0.4 is 5.73 Å². The Morgan fingerprint density at radius 1 is 1.64 bits per heavy atom. The van der Waals surface area contributed by atoms with Crippen molar-refractivity contribution in [3.63, 3.8) is 0 Å². The van der Waals surface area contributed by atoms with E-state index in [2.05, 4.69) is 0 Å². The number of amides is 1. The van der Waals surface area contributed by atoms with Crippen molar-refractivity contribution in [2.75, 3.05) is 0 Å². The van der Waals surface area contributed by atoms with E-state index in [-0.39, 0.29) is 0 Å². The maximum atomic E-state index is 11.3. The number of carbonyl (C=O) groups excluding carboxylic acids is 2. The van der Waals surface area contributed by atoms with Crippen molar-refractivity contribution in [1.82, 2.24) is 0 Å². The number of nitrogens with two attached hydrogens (primary N) is 1. The summed E-state index contributed by atoms with van der Waals surface area (Å²) >= 11 is 0. The average molecular weight is 201 g/mol. The molecule has 80 valence electrons. The highest BCUT2D eigenvalue weighted by Crippen LogP contribution is 2.41. The fourth-order valence-electron chi connectivity index (χ4n) is 2.05. The number of hydrogen-bond acceptors (Lipinski definition) is 4. The molecule has 1 heterocycles. The number of hydrogen-bond donors (Lipinski definition) is 2. The SMILES string of the molecule is CCC1C(C)(O)C(=O)OC1(C)C(N)=O. The molecule has 0 spiro atoms. The van der Waals surface area contributed by atoms with Gasteiger partial charge >= 0.3 is 5.97 Å². The van der Waals surface area contributed by atoms with Crippen LogP contribution in [0.4, 0.5) is 0 Å². The molecule has 1 rings (SSSR count). The smallest absolute Gasteiger partial charge is 0.339 e.